The molecule has 1 aliphatic carbocycles. The van der Waals surface area contributed by atoms with Gasteiger partial charge < -0.3 is 19.9 Å². The minimum Gasteiger partial charge on any atom is -0.494 e. The molecule has 0 aromatic heterocycles. The lowest BCUT2D eigenvalue weighted by molar-refractivity contribution is -0.132. The third kappa shape index (κ3) is 6.46. The number of hydrogen-bond donors (Lipinski definition) is 1. The second-order valence-corrected chi connectivity index (χ2v) is 8.40. The highest BCUT2D eigenvalue weighted by molar-refractivity contribution is 5.94. The van der Waals surface area contributed by atoms with Crippen molar-refractivity contribution in [3.63, 3.8) is 0 Å². The largest absolute Gasteiger partial charge is 0.494 e. The number of nitrogens with one attached hydrogen (secondary N) is 1. The molecule has 1 aromatic carbocycles. The SMILES string of the molecule is CCCCOc1ccc(C(=O)N(CCC(=O)N2CCNCC2)C2CCCCC2)cc1. The molecule has 0 radical (unpaired) electrons. The molecule has 3 rings (SSSR count). The predicted molar refractivity (Wildman–Crippen MR) is 119 cm³/mol. The van der Waals surface area contributed by atoms with Crippen LogP contribution in [0, 0.1) is 0 Å². The third-order valence-corrected chi connectivity index (χ3v) is 6.18. The molecular formula is C24H37N3O3. The molecule has 0 bridgehead atoms. The van der Waals surface area contributed by atoms with Crippen LogP contribution >= 0.6 is 0 Å². The molecule has 1 aromatic rings. The fourth-order valence-corrected chi connectivity index (χ4v) is 4.33. The van der Waals surface area contributed by atoms with Gasteiger partial charge in [-0.25, -0.2) is 0 Å². The Hall–Kier alpha value is -2.08. The topological polar surface area (TPSA) is 61.9 Å². The molecule has 1 heterocycles. The Labute approximate surface area is 180 Å². The van der Waals surface area contributed by atoms with Crippen LogP contribution in [0.4, 0.5) is 0 Å². The second-order valence-electron chi connectivity index (χ2n) is 8.40. The van der Waals surface area contributed by atoms with Gasteiger partial charge in [-0.2, -0.15) is 0 Å². The highest BCUT2D eigenvalue weighted by atomic mass is 16.5. The third-order valence-electron chi connectivity index (χ3n) is 6.18. The molecule has 6 heteroatoms. The number of hydrogen-bond acceptors (Lipinski definition) is 4. The number of carbonyl (C=O) groups excluding carboxylic acids is 2. The van der Waals surface area contributed by atoms with E-state index in [9.17, 15) is 9.59 Å². The number of piperazine rings is 1. The zero-order chi connectivity index (χ0) is 21.2. The van der Waals surface area contributed by atoms with Gasteiger partial charge in [0.25, 0.3) is 5.91 Å². The Morgan fingerprint density at radius 3 is 2.47 bits per heavy atom. The summed E-state index contributed by atoms with van der Waals surface area (Å²) >= 11 is 0. The Kier molecular flexibility index (Phi) is 9.00. The number of carbonyl (C=O) groups is 2. The summed E-state index contributed by atoms with van der Waals surface area (Å²) in [6.07, 6.45) is 8.14. The van der Waals surface area contributed by atoms with E-state index in [1.54, 1.807) is 0 Å². The lowest BCUT2D eigenvalue weighted by atomic mass is 9.93. The number of amides is 2. The van der Waals surface area contributed by atoms with Crippen molar-refractivity contribution >= 4 is 11.8 Å². The van der Waals surface area contributed by atoms with Gasteiger partial charge >= 0.3 is 0 Å². The van der Waals surface area contributed by atoms with Gasteiger partial charge in [-0.3, -0.25) is 9.59 Å². The minimum atomic E-state index is 0.0371. The maximum absolute atomic E-state index is 13.4. The quantitative estimate of drug-likeness (QED) is 0.628. The average Bonchev–Trinajstić information content (AvgIpc) is 2.81. The van der Waals surface area contributed by atoms with E-state index in [0.29, 0.717) is 25.1 Å². The van der Waals surface area contributed by atoms with E-state index in [1.807, 2.05) is 34.1 Å². The highest BCUT2D eigenvalue weighted by Gasteiger charge is 2.27. The molecule has 1 N–H and O–H groups in total. The summed E-state index contributed by atoms with van der Waals surface area (Å²) in [5.41, 5.74) is 0.679. The first kappa shape index (κ1) is 22.6. The molecule has 6 nitrogen and oxygen atoms in total. The molecule has 1 aliphatic heterocycles. The summed E-state index contributed by atoms with van der Waals surface area (Å²) < 4.78 is 5.72. The molecule has 0 spiro atoms. The van der Waals surface area contributed by atoms with Crippen LogP contribution in [0.1, 0.15) is 68.6 Å². The van der Waals surface area contributed by atoms with Crippen LogP contribution in [0.15, 0.2) is 24.3 Å². The zero-order valence-corrected chi connectivity index (χ0v) is 18.4. The number of unbranched alkanes of at least 4 members (excludes halogenated alkanes) is 1. The van der Waals surface area contributed by atoms with Crippen molar-refractivity contribution < 1.29 is 14.3 Å². The molecule has 166 valence electrons. The Bertz CT molecular complexity index is 665. The molecule has 0 atom stereocenters. The summed E-state index contributed by atoms with van der Waals surface area (Å²) in [6.45, 7) is 6.56. The molecule has 2 amide bonds. The van der Waals surface area contributed by atoms with Gasteiger partial charge in [0.15, 0.2) is 0 Å². The molecule has 2 aliphatic rings. The maximum atomic E-state index is 13.4. The maximum Gasteiger partial charge on any atom is 0.254 e. The highest BCUT2D eigenvalue weighted by Crippen LogP contribution is 2.25. The van der Waals surface area contributed by atoms with Crippen LogP contribution in [0.3, 0.4) is 0 Å². The number of rotatable bonds is 9. The van der Waals surface area contributed by atoms with Crippen LogP contribution in [0.5, 0.6) is 5.75 Å². The van der Waals surface area contributed by atoms with Gasteiger partial charge in [0.2, 0.25) is 5.91 Å². The Morgan fingerprint density at radius 2 is 1.80 bits per heavy atom. The monoisotopic (exact) mass is 415 g/mol. The van der Waals surface area contributed by atoms with Crippen molar-refractivity contribution in [2.24, 2.45) is 0 Å². The summed E-state index contributed by atoms with van der Waals surface area (Å²) in [7, 11) is 0. The van der Waals surface area contributed by atoms with E-state index in [2.05, 4.69) is 12.2 Å². The van der Waals surface area contributed by atoms with E-state index < -0.39 is 0 Å². The Morgan fingerprint density at radius 1 is 1.10 bits per heavy atom. The number of ether oxygens (including phenoxy) is 1. The zero-order valence-electron chi connectivity index (χ0n) is 18.4. The van der Waals surface area contributed by atoms with Crippen molar-refractivity contribution in [3.05, 3.63) is 29.8 Å². The van der Waals surface area contributed by atoms with Gasteiger partial charge in [0.05, 0.1) is 6.61 Å². The normalized spacial score (nSPS) is 17.6. The van der Waals surface area contributed by atoms with Crippen molar-refractivity contribution in [2.75, 3.05) is 39.3 Å². The smallest absolute Gasteiger partial charge is 0.254 e. The van der Waals surface area contributed by atoms with Crippen LogP contribution in [0.25, 0.3) is 0 Å². The van der Waals surface area contributed by atoms with Crippen LogP contribution in [-0.4, -0.2) is 67.0 Å². The molecular weight excluding hydrogens is 378 g/mol. The summed E-state index contributed by atoms with van der Waals surface area (Å²) in [5.74, 6) is 0.998. The van der Waals surface area contributed by atoms with Crippen molar-refractivity contribution in [1.82, 2.24) is 15.1 Å². The first-order valence-electron chi connectivity index (χ1n) is 11.7. The molecule has 1 saturated carbocycles. The van der Waals surface area contributed by atoms with Crippen molar-refractivity contribution in [3.8, 4) is 5.75 Å². The lowest BCUT2D eigenvalue weighted by Gasteiger charge is -2.35. The van der Waals surface area contributed by atoms with E-state index in [4.69, 9.17) is 4.74 Å². The van der Waals surface area contributed by atoms with Gasteiger partial charge in [0, 0.05) is 50.7 Å². The summed E-state index contributed by atoms with van der Waals surface area (Å²) in [4.78, 5) is 29.9. The standard InChI is InChI=1S/C24H37N3O3/c1-2-3-19-30-22-11-9-20(10-12-22)24(29)27(21-7-5-4-6-8-21)16-13-23(28)26-17-14-25-15-18-26/h9-12,21,25H,2-8,13-19H2,1H3. The van der Waals surface area contributed by atoms with E-state index >= 15 is 0 Å². The first-order chi connectivity index (χ1) is 14.7. The van der Waals surface area contributed by atoms with Gasteiger partial charge in [-0.15, -0.1) is 0 Å². The van der Waals surface area contributed by atoms with Gasteiger partial charge in [0.1, 0.15) is 5.75 Å². The average molecular weight is 416 g/mol. The van der Waals surface area contributed by atoms with E-state index in [-0.39, 0.29) is 17.9 Å². The van der Waals surface area contributed by atoms with Crippen molar-refractivity contribution in [2.45, 2.75) is 64.3 Å². The van der Waals surface area contributed by atoms with Gasteiger partial charge in [-0.05, 0) is 43.5 Å². The number of benzene rings is 1. The van der Waals surface area contributed by atoms with E-state index in [0.717, 1.165) is 70.5 Å². The van der Waals surface area contributed by atoms with Gasteiger partial charge in [-0.1, -0.05) is 32.6 Å². The van der Waals surface area contributed by atoms with E-state index in [1.165, 1.54) is 6.42 Å². The fraction of sp³-hybridized carbons (Fsp3) is 0.667. The number of nitrogens with zero attached hydrogens (tertiary/aromatic N) is 2. The fourth-order valence-electron chi connectivity index (χ4n) is 4.33. The van der Waals surface area contributed by atoms with Crippen LogP contribution in [-0.2, 0) is 4.79 Å². The molecule has 1 saturated heterocycles. The second kappa shape index (κ2) is 11.9. The molecule has 2 fully saturated rings. The minimum absolute atomic E-state index is 0.0371. The van der Waals surface area contributed by atoms with Crippen LogP contribution < -0.4 is 10.1 Å². The molecule has 30 heavy (non-hydrogen) atoms. The molecule has 0 unspecified atom stereocenters. The lowest BCUT2D eigenvalue weighted by Crippen LogP contribution is -2.48. The summed E-state index contributed by atoms with van der Waals surface area (Å²) in [5, 5.41) is 3.28. The summed E-state index contributed by atoms with van der Waals surface area (Å²) in [6, 6.07) is 7.72. The predicted octanol–water partition coefficient (Wildman–Crippen LogP) is 3.46. The van der Waals surface area contributed by atoms with Crippen LogP contribution in [0.2, 0.25) is 0 Å². The Balaban J connectivity index is 1.63. The first-order valence-corrected chi connectivity index (χ1v) is 11.7. The van der Waals surface area contributed by atoms with Crippen molar-refractivity contribution in [1.29, 1.82) is 0 Å².